The van der Waals surface area contributed by atoms with Gasteiger partial charge in [0.1, 0.15) is 18.0 Å². The quantitative estimate of drug-likeness (QED) is 0.788. The number of carbonyl (C=O) groups excluding carboxylic acids is 2. The molecule has 0 radical (unpaired) electrons. The average molecular weight is 395 g/mol. The summed E-state index contributed by atoms with van der Waals surface area (Å²) in [6, 6.07) is 11.5. The molecule has 0 bridgehead atoms. The number of nitrogens with one attached hydrogen (secondary N) is 1. The number of benzene rings is 2. The summed E-state index contributed by atoms with van der Waals surface area (Å²) in [5.74, 6) is 0.312. The molecule has 2 aliphatic rings. The number of methoxy groups -OCH3 is 1. The Morgan fingerprint density at radius 1 is 1.21 bits per heavy atom. The van der Waals surface area contributed by atoms with E-state index >= 15 is 0 Å². The van der Waals surface area contributed by atoms with Crippen LogP contribution < -0.4 is 10.1 Å². The molecule has 29 heavy (non-hydrogen) atoms. The highest BCUT2D eigenvalue weighted by Gasteiger charge is 2.30. The van der Waals surface area contributed by atoms with Crippen LogP contribution in [-0.2, 0) is 20.7 Å². The molecular formula is C23H25NO5. The molecular weight excluding hydrogens is 370 g/mol. The zero-order valence-corrected chi connectivity index (χ0v) is 16.7. The van der Waals surface area contributed by atoms with Crippen LogP contribution in [0.3, 0.4) is 0 Å². The molecule has 1 N–H and O–H groups in total. The Labute approximate surface area is 170 Å². The fraction of sp³-hybridized carbons (Fsp3) is 0.391. The van der Waals surface area contributed by atoms with Crippen molar-refractivity contribution in [2.75, 3.05) is 20.3 Å². The molecule has 6 heteroatoms. The van der Waals surface area contributed by atoms with Crippen molar-refractivity contribution < 1.29 is 23.8 Å². The lowest BCUT2D eigenvalue weighted by molar-refractivity contribution is -0.130. The third-order valence-corrected chi connectivity index (χ3v) is 5.39. The maximum atomic E-state index is 12.2. The largest absolute Gasteiger partial charge is 0.487 e. The Morgan fingerprint density at radius 3 is 2.79 bits per heavy atom. The van der Waals surface area contributed by atoms with E-state index in [0.717, 1.165) is 40.8 Å². The molecule has 0 spiro atoms. The minimum Gasteiger partial charge on any atom is -0.487 e. The summed E-state index contributed by atoms with van der Waals surface area (Å²) in [6.07, 6.45) is 1.90. The van der Waals surface area contributed by atoms with E-state index in [4.69, 9.17) is 14.2 Å². The zero-order chi connectivity index (χ0) is 20.4. The van der Waals surface area contributed by atoms with Gasteiger partial charge in [0.15, 0.2) is 0 Å². The number of fused-ring (bicyclic) bond motifs is 1. The highest BCUT2D eigenvalue weighted by atomic mass is 16.5. The summed E-state index contributed by atoms with van der Waals surface area (Å²) in [5.41, 5.74) is 4.32. The van der Waals surface area contributed by atoms with E-state index in [9.17, 15) is 9.59 Å². The average Bonchev–Trinajstić information content (AvgIpc) is 3.40. The van der Waals surface area contributed by atoms with Gasteiger partial charge in [-0.25, -0.2) is 4.79 Å². The van der Waals surface area contributed by atoms with E-state index in [1.165, 1.54) is 7.11 Å². The Morgan fingerprint density at radius 2 is 2.03 bits per heavy atom. The molecule has 2 heterocycles. The van der Waals surface area contributed by atoms with Gasteiger partial charge in [0, 0.05) is 18.6 Å². The standard InChI is InChI=1S/C23H25NO5/c1-14-10-15-12-16(13-24-22(25)20-8-5-9-28-20)29-21(15)19(11-14)17-6-3-4-7-18(17)23(26)27-2/h3-4,6-7,10-11,16,20H,5,8-9,12-13H2,1-2H3,(H,24,25)/t16-,20-/m1/s1. The lowest BCUT2D eigenvalue weighted by Gasteiger charge is -2.16. The fourth-order valence-electron chi connectivity index (χ4n) is 4.03. The molecule has 6 nitrogen and oxygen atoms in total. The van der Waals surface area contributed by atoms with Gasteiger partial charge < -0.3 is 19.5 Å². The van der Waals surface area contributed by atoms with Crippen LogP contribution in [0.15, 0.2) is 36.4 Å². The summed E-state index contributed by atoms with van der Waals surface area (Å²) in [6.45, 7) is 3.09. The topological polar surface area (TPSA) is 73.9 Å². The third-order valence-electron chi connectivity index (χ3n) is 5.39. The van der Waals surface area contributed by atoms with Gasteiger partial charge >= 0.3 is 5.97 Å². The number of esters is 1. The second kappa shape index (κ2) is 8.25. The maximum absolute atomic E-state index is 12.2. The van der Waals surface area contributed by atoms with Gasteiger partial charge in [-0.3, -0.25) is 4.79 Å². The van der Waals surface area contributed by atoms with Crippen LogP contribution in [0.4, 0.5) is 0 Å². The number of hydrogen-bond donors (Lipinski definition) is 1. The van der Waals surface area contributed by atoms with E-state index in [2.05, 4.69) is 11.4 Å². The van der Waals surface area contributed by atoms with Crippen molar-refractivity contribution in [3.63, 3.8) is 0 Å². The molecule has 1 amide bonds. The van der Waals surface area contributed by atoms with Crippen LogP contribution in [0.1, 0.15) is 34.3 Å². The molecule has 4 rings (SSSR count). The van der Waals surface area contributed by atoms with Crippen molar-refractivity contribution in [2.45, 2.75) is 38.4 Å². The van der Waals surface area contributed by atoms with Crippen LogP contribution >= 0.6 is 0 Å². The Bertz CT molecular complexity index is 933. The summed E-state index contributed by atoms with van der Waals surface area (Å²) in [5, 5.41) is 2.95. The maximum Gasteiger partial charge on any atom is 0.338 e. The fourth-order valence-corrected chi connectivity index (χ4v) is 4.03. The van der Waals surface area contributed by atoms with Crippen LogP contribution in [0.2, 0.25) is 0 Å². The van der Waals surface area contributed by atoms with Gasteiger partial charge in [-0.15, -0.1) is 0 Å². The first kappa shape index (κ1) is 19.5. The molecule has 152 valence electrons. The van der Waals surface area contributed by atoms with Crippen LogP contribution in [0.5, 0.6) is 5.75 Å². The predicted molar refractivity (Wildman–Crippen MR) is 108 cm³/mol. The molecule has 0 aliphatic carbocycles. The van der Waals surface area contributed by atoms with E-state index < -0.39 is 0 Å². The molecule has 2 aromatic carbocycles. The number of rotatable bonds is 5. The first-order valence-electron chi connectivity index (χ1n) is 9.94. The number of ether oxygens (including phenoxy) is 3. The van der Waals surface area contributed by atoms with Crippen molar-refractivity contribution in [3.05, 3.63) is 53.1 Å². The monoisotopic (exact) mass is 395 g/mol. The predicted octanol–water partition coefficient (Wildman–Crippen LogP) is 3.05. The lowest BCUT2D eigenvalue weighted by atomic mass is 9.94. The minimum absolute atomic E-state index is 0.0745. The van der Waals surface area contributed by atoms with Crippen molar-refractivity contribution >= 4 is 11.9 Å². The smallest absolute Gasteiger partial charge is 0.338 e. The summed E-state index contributed by atoms with van der Waals surface area (Å²) in [7, 11) is 1.38. The summed E-state index contributed by atoms with van der Waals surface area (Å²) < 4.78 is 16.6. The normalized spacial score (nSPS) is 20.1. The number of aryl methyl sites for hydroxylation is 1. The van der Waals surface area contributed by atoms with Gasteiger partial charge in [-0.2, -0.15) is 0 Å². The SMILES string of the molecule is COC(=O)c1ccccc1-c1cc(C)cc2c1O[C@@H](CNC(=O)[C@H]1CCCO1)C2. The Kier molecular flexibility index (Phi) is 5.53. The van der Waals surface area contributed by atoms with Crippen molar-refractivity contribution in [3.8, 4) is 16.9 Å². The van der Waals surface area contributed by atoms with Gasteiger partial charge in [-0.1, -0.05) is 24.3 Å². The molecule has 2 aromatic rings. The highest BCUT2D eigenvalue weighted by molar-refractivity contribution is 5.98. The van der Waals surface area contributed by atoms with Crippen LogP contribution in [0.25, 0.3) is 11.1 Å². The van der Waals surface area contributed by atoms with E-state index in [1.54, 1.807) is 6.07 Å². The van der Waals surface area contributed by atoms with Gasteiger partial charge in [-0.05, 0) is 48.6 Å². The number of hydrogen-bond acceptors (Lipinski definition) is 5. The number of amides is 1. The van der Waals surface area contributed by atoms with Gasteiger partial charge in [0.2, 0.25) is 5.91 Å². The van der Waals surface area contributed by atoms with Crippen LogP contribution in [0, 0.1) is 6.92 Å². The van der Waals surface area contributed by atoms with Crippen molar-refractivity contribution in [1.82, 2.24) is 5.32 Å². The highest BCUT2D eigenvalue weighted by Crippen LogP contribution is 2.41. The molecule has 2 aliphatic heterocycles. The van der Waals surface area contributed by atoms with E-state index in [0.29, 0.717) is 25.1 Å². The first-order chi connectivity index (χ1) is 14.1. The minimum atomic E-state index is -0.380. The van der Waals surface area contributed by atoms with E-state index in [1.807, 2.05) is 31.2 Å². The summed E-state index contributed by atoms with van der Waals surface area (Å²) >= 11 is 0. The Hall–Kier alpha value is -2.86. The molecule has 1 saturated heterocycles. The second-order valence-electron chi connectivity index (χ2n) is 7.53. The van der Waals surface area contributed by atoms with Crippen molar-refractivity contribution in [1.29, 1.82) is 0 Å². The Balaban J connectivity index is 1.56. The van der Waals surface area contributed by atoms with Crippen molar-refractivity contribution in [2.24, 2.45) is 0 Å². The molecule has 0 unspecified atom stereocenters. The van der Waals surface area contributed by atoms with Crippen LogP contribution in [-0.4, -0.2) is 44.3 Å². The lowest BCUT2D eigenvalue weighted by Crippen LogP contribution is -2.40. The van der Waals surface area contributed by atoms with E-state index in [-0.39, 0.29) is 24.1 Å². The molecule has 1 fully saturated rings. The van der Waals surface area contributed by atoms with Gasteiger partial charge in [0.05, 0.1) is 19.2 Å². The summed E-state index contributed by atoms with van der Waals surface area (Å²) in [4.78, 5) is 24.5. The molecule has 2 atom stereocenters. The second-order valence-corrected chi connectivity index (χ2v) is 7.53. The number of carbonyl (C=O) groups is 2. The van der Waals surface area contributed by atoms with Gasteiger partial charge in [0.25, 0.3) is 0 Å². The first-order valence-corrected chi connectivity index (χ1v) is 9.94. The molecule has 0 saturated carbocycles. The molecule has 0 aromatic heterocycles. The third kappa shape index (κ3) is 3.98. The zero-order valence-electron chi connectivity index (χ0n) is 16.7.